The number of carbonyl (C=O) groups is 3. The van der Waals surface area contributed by atoms with Crippen molar-refractivity contribution in [1.82, 2.24) is 4.98 Å². The quantitative estimate of drug-likeness (QED) is 0.0915. The lowest BCUT2D eigenvalue weighted by atomic mass is 10.0. The number of carbonyl (C=O) groups excluding carboxylic acids is 3. The summed E-state index contributed by atoms with van der Waals surface area (Å²) in [6.07, 6.45) is 7.74. The van der Waals surface area contributed by atoms with Crippen molar-refractivity contribution in [3.8, 4) is 23.0 Å². The molecule has 0 spiro atoms. The van der Waals surface area contributed by atoms with E-state index in [1.54, 1.807) is 50.6 Å². The zero-order valence-corrected chi connectivity index (χ0v) is 27.3. The number of ether oxygens (including phenoxy) is 3. The summed E-state index contributed by atoms with van der Waals surface area (Å²) >= 11 is 1.38. The van der Waals surface area contributed by atoms with Gasteiger partial charge in [0.05, 0.1) is 19.2 Å². The van der Waals surface area contributed by atoms with Gasteiger partial charge >= 0.3 is 0 Å². The van der Waals surface area contributed by atoms with Gasteiger partial charge in [0.1, 0.15) is 22.7 Å². The predicted molar refractivity (Wildman–Crippen MR) is 182 cm³/mol. The lowest BCUT2D eigenvalue weighted by Gasteiger charge is -2.16. The number of hydrogen-bond acceptors (Lipinski definition) is 8. The van der Waals surface area contributed by atoms with E-state index in [1.165, 1.54) is 36.0 Å². The number of unbranched alkanes of at least 4 members (excludes halogenated alkanes) is 4. The minimum atomic E-state index is -1.15. The van der Waals surface area contributed by atoms with Crippen LogP contribution in [0.5, 0.6) is 23.0 Å². The van der Waals surface area contributed by atoms with Crippen LogP contribution in [0.4, 0.5) is 15.8 Å². The number of nitrogens with zero attached hydrogens (tertiary/aromatic N) is 1. The van der Waals surface area contributed by atoms with Crippen LogP contribution in [0.25, 0.3) is 10.9 Å². The average Bonchev–Trinajstić information content (AvgIpc) is 3.88. The van der Waals surface area contributed by atoms with Gasteiger partial charge in [0.2, 0.25) is 11.8 Å². The Balaban J connectivity index is 1.15. The number of fused-ring (bicyclic) bond motifs is 1. The number of methoxy groups -OCH3 is 1. The molecule has 0 unspecified atom stereocenters. The minimum Gasteiger partial charge on any atom is -0.493 e. The molecule has 2 amide bonds. The molecule has 11 heteroatoms. The lowest BCUT2D eigenvalue weighted by molar-refractivity contribution is -0.131. The van der Waals surface area contributed by atoms with E-state index < -0.39 is 23.0 Å². The van der Waals surface area contributed by atoms with Crippen LogP contribution in [-0.2, 0) is 14.4 Å². The fourth-order valence-electron chi connectivity index (χ4n) is 5.07. The van der Waals surface area contributed by atoms with Crippen LogP contribution in [0.15, 0.2) is 72.9 Å². The normalized spacial score (nSPS) is 13.1. The van der Waals surface area contributed by atoms with Crippen LogP contribution in [0, 0.1) is 11.2 Å². The molecule has 0 aliphatic heterocycles. The molecule has 4 aromatic rings. The first-order valence-corrected chi connectivity index (χ1v) is 16.7. The van der Waals surface area contributed by atoms with E-state index in [1.807, 2.05) is 12.1 Å². The SMILES string of the molecule is COc1cc2c(Oc3ccc(NC(=O)C4(C(=O)Nc5ccc(F)cc5)CC4)cc3)ccnc2cc1OCCCCCCCSC(C)=O. The highest BCUT2D eigenvalue weighted by atomic mass is 32.2. The van der Waals surface area contributed by atoms with E-state index >= 15 is 0 Å². The number of benzene rings is 3. The first kappa shape index (κ1) is 33.7. The van der Waals surface area contributed by atoms with Gasteiger partial charge < -0.3 is 24.8 Å². The first-order valence-electron chi connectivity index (χ1n) is 15.7. The highest BCUT2D eigenvalue weighted by Gasteiger charge is 2.56. The van der Waals surface area contributed by atoms with Gasteiger partial charge in [-0.05, 0) is 86.3 Å². The standard InChI is InChI=1S/C36H38FN3O6S/c1-24(41)47-21-7-5-3-4-6-20-45-33-23-30-29(22-32(33)44-2)31(16-19-38-30)46-28-14-12-27(13-15-28)40-35(43)36(17-18-36)34(42)39-26-10-8-25(37)9-11-26/h8-16,19,22-23H,3-7,17-18,20-21H2,1-2H3,(H,39,42)(H,40,43). The van der Waals surface area contributed by atoms with Crippen molar-refractivity contribution in [2.75, 3.05) is 30.1 Å². The third kappa shape index (κ3) is 9.00. The molecule has 246 valence electrons. The van der Waals surface area contributed by atoms with E-state index in [2.05, 4.69) is 15.6 Å². The molecule has 5 rings (SSSR count). The van der Waals surface area contributed by atoms with Crippen molar-refractivity contribution in [2.24, 2.45) is 5.41 Å². The van der Waals surface area contributed by atoms with Gasteiger partial charge in [-0.3, -0.25) is 19.4 Å². The maximum Gasteiger partial charge on any atom is 0.240 e. The number of aromatic nitrogens is 1. The monoisotopic (exact) mass is 659 g/mol. The number of thioether (sulfide) groups is 1. The molecule has 1 aliphatic carbocycles. The lowest BCUT2D eigenvalue weighted by Crippen LogP contribution is -2.35. The smallest absolute Gasteiger partial charge is 0.240 e. The van der Waals surface area contributed by atoms with Gasteiger partial charge in [0.25, 0.3) is 0 Å². The summed E-state index contributed by atoms with van der Waals surface area (Å²) in [5.41, 5.74) is 0.497. The van der Waals surface area contributed by atoms with Gasteiger partial charge in [-0.2, -0.15) is 0 Å². The number of hydrogen-bond donors (Lipinski definition) is 2. The largest absolute Gasteiger partial charge is 0.493 e. The average molecular weight is 660 g/mol. The summed E-state index contributed by atoms with van der Waals surface area (Å²) in [5, 5.41) is 6.47. The van der Waals surface area contributed by atoms with Gasteiger partial charge in [-0.25, -0.2) is 4.39 Å². The third-order valence-corrected chi connectivity index (χ3v) is 8.80. The summed E-state index contributed by atoms with van der Waals surface area (Å²) < 4.78 is 31.1. The van der Waals surface area contributed by atoms with E-state index in [0.29, 0.717) is 59.3 Å². The molecule has 0 bridgehead atoms. The molecule has 2 N–H and O–H groups in total. The minimum absolute atomic E-state index is 0.172. The summed E-state index contributed by atoms with van der Waals surface area (Å²) in [7, 11) is 1.59. The molecule has 0 atom stereocenters. The maximum atomic E-state index is 13.2. The van der Waals surface area contributed by atoms with Crippen molar-refractivity contribution in [2.45, 2.75) is 51.9 Å². The second-order valence-corrected chi connectivity index (χ2v) is 12.7. The highest BCUT2D eigenvalue weighted by molar-refractivity contribution is 8.13. The Kier molecular flexibility index (Phi) is 11.3. The molecule has 47 heavy (non-hydrogen) atoms. The van der Waals surface area contributed by atoms with Crippen LogP contribution in [-0.4, -0.2) is 41.4 Å². The van der Waals surface area contributed by atoms with E-state index in [9.17, 15) is 18.8 Å². The summed E-state index contributed by atoms with van der Waals surface area (Å²) in [6, 6.07) is 17.8. The molecular formula is C36H38FN3O6S. The molecule has 1 aromatic heterocycles. The number of amides is 2. The van der Waals surface area contributed by atoms with E-state index in [4.69, 9.17) is 14.2 Å². The van der Waals surface area contributed by atoms with Crippen molar-refractivity contribution in [3.05, 3.63) is 78.7 Å². The van der Waals surface area contributed by atoms with Crippen molar-refractivity contribution >= 4 is 51.0 Å². The van der Waals surface area contributed by atoms with Crippen molar-refractivity contribution in [1.29, 1.82) is 0 Å². The van der Waals surface area contributed by atoms with E-state index in [0.717, 1.165) is 43.2 Å². The highest BCUT2D eigenvalue weighted by Crippen LogP contribution is 2.47. The van der Waals surface area contributed by atoms with E-state index in [-0.39, 0.29) is 5.12 Å². The Hall–Kier alpha value is -4.64. The Bertz CT molecular complexity index is 1710. The molecule has 1 fully saturated rings. The number of nitrogens with one attached hydrogen (secondary N) is 2. The number of pyridine rings is 1. The van der Waals surface area contributed by atoms with Crippen LogP contribution in [0.3, 0.4) is 0 Å². The summed E-state index contributed by atoms with van der Waals surface area (Å²) in [6.45, 7) is 2.16. The molecule has 1 saturated carbocycles. The number of halogens is 1. The Morgan fingerprint density at radius 3 is 2.11 bits per heavy atom. The molecule has 3 aromatic carbocycles. The Morgan fingerprint density at radius 1 is 0.830 bits per heavy atom. The molecule has 9 nitrogen and oxygen atoms in total. The molecule has 0 radical (unpaired) electrons. The topological polar surface area (TPSA) is 116 Å². The zero-order chi connectivity index (χ0) is 33.2. The molecule has 0 saturated heterocycles. The Labute approximate surface area is 277 Å². The van der Waals surface area contributed by atoms with Crippen molar-refractivity contribution < 1.29 is 33.0 Å². The van der Waals surface area contributed by atoms with Gasteiger partial charge in [0, 0.05) is 41.7 Å². The number of anilines is 2. The molecule has 1 heterocycles. The maximum absolute atomic E-state index is 13.2. The van der Waals surface area contributed by atoms with Crippen LogP contribution >= 0.6 is 11.8 Å². The first-order chi connectivity index (χ1) is 22.8. The predicted octanol–water partition coefficient (Wildman–Crippen LogP) is 8.14. The van der Waals surface area contributed by atoms with Crippen LogP contribution in [0.2, 0.25) is 0 Å². The molecule has 1 aliphatic rings. The second kappa shape index (κ2) is 15.8. The van der Waals surface area contributed by atoms with Gasteiger partial charge in [0.15, 0.2) is 16.6 Å². The summed E-state index contributed by atoms with van der Waals surface area (Å²) in [5.74, 6) is 1.98. The fourth-order valence-corrected chi connectivity index (χ4v) is 5.71. The van der Waals surface area contributed by atoms with Crippen LogP contribution < -0.4 is 24.8 Å². The van der Waals surface area contributed by atoms with Crippen LogP contribution in [0.1, 0.15) is 51.9 Å². The zero-order valence-electron chi connectivity index (χ0n) is 26.5. The van der Waals surface area contributed by atoms with Gasteiger partial charge in [-0.1, -0.05) is 31.0 Å². The van der Waals surface area contributed by atoms with Crippen molar-refractivity contribution in [3.63, 3.8) is 0 Å². The fraction of sp³-hybridized carbons (Fsp3) is 0.333. The van der Waals surface area contributed by atoms with Gasteiger partial charge in [-0.15, -0.1) is 0 Å². The number of rotatable bonds is 16. The third-order valence-electron chi connectivity index (χ3n) is 7.90. The summed E-state index contributed by atoms with van der Waals surface area (Å²) in [4.78, 5) is 41.4. The second-order valence-electron chi connectivity index (χ2n) is 11.4. The molecular weight excluding hydrogens is 621 g/mol. The Morgan fingerprint density at radius 2 is 1.47 bits per heavy atom.